The van der Waals surface area contributed by atoms with Crippen molar-refractivity contribution >= 4 is 5.97 Å². The molecule has 1 atom stereocenters. The number of hydroxylamine groups is 1. The van der Waals surface area contributed by atoms with Crippen LogP contribution < -0.4 is 5.48 Å². The van der Waals surface area contributed by atoms with Crippen molar-refractivity contribution < 1.29 is 19.1 Å². The second-order valence-electron chi connectivity index (χ2n) is 2.87. The van der Waals surface area contributed by atoms with Crippen LogP contribution in [0.25, 0.3) is 0 Å². The minimum Gasteiger partial charge on any atom is -0.466 e. The zero-order chi connectivity index (χ0) is 10.8. The Balaban J connectivity index is 3.35. The molecular weight excluding hydrogens is 186 g/mol. The van der Waals surface area contributed by atoms with Crippen LogP contribution in [0.3, 0.4) is 0 Å². The fourth-order valence-corrected chi connectivity index (χ4v) is 0.838. The van der Waals surface area contributed by atoms with Crippen molar-refractivity contribution in [3.8, 4) is 0 Å². The van der Waals surface area contributed by atoms with Gasteiger partial charge in [0.05, 0.1) is 26.2 Å². The summed E-state index contributed by atoms with van der Waals surface area (Å²) < 4.78 is 9.57. The van der Waals surface area contributed by atoms with Crippen LogP contribution in [0.5, 0.6) is 0 Å². The van der Waals surface area contributed by atoms with E-state index >= 15 is 0 Å². The van der Waals surface area contributed by atoms with E-state index in [9.17, 15) is 4.79 Å². The van der Waals surface area contributed by atoms with Crippen LogP contribution in [-0.2, 0) is 19.1 Å². The summed E-state index contributed by atoms with van der Waals surface area (Å²) in [5.41, 5.74) is 2.73. The lowest BCUT2D eigenvalue weighted by Gasteiger charge is -2.12. The number of hydrogen-bond donors (Lipinski definition) is 1. The maximum Gasteiger partial charge on any atom is 0.307 e. The molecule has 84 valence electrons. The molecule has 1 N–H and O–H groups in total. The number of carbonyl (C=O) groups is 1. The second kappa shape index (κ2) is 8.93. The maximum absolute atomic E-state index is 11.0. The highest BCUT2D eigenvalue weighted by atomic mass is 16.7. The normalized spacial score (nSPS) is 12.5. The van der Waals surface area contributed by atoms with Gasteiger partial charge in [0.1, 0.15) is 0 Å². The SMILES string of the molecule is CCOC(=O)CC(C)NOCCOC. The maximum atomic E-state index is 11.0. The van der Waals surface area contributed by atoms with Gasteiger partial charge in [-0.3, -0.25) is 9.63 Å². The molecule has 0 aliphatic carbocycles. The van der Waals surface area contributed by atoms with Crippen molar-refractivity contribution in [2.75, 3.05) is 26.9 Å². The lowest BCUT2D eigenvalue weighted by Crippen LogP contribution is -2.30. The molecule has 5 heteroatoms. The smallest absolute Gasteiger partial charge is 0.307 e. The number of hydrogen-bond acceptors (Lipinski definition) is 5. The summed E-state index contributed by atoms with van der Waals surface area (Å²) in [4.78, 5) is 16.0. The van der Waals surface area contributed by atoms with Crippen LogP contribution in [-0.4, -0.2) is 38.9 Å². The molecule has 0 aliphatic rings. The minimum absolute atomic E-state index is 0.0501. The summed E-state index contributed by atoms with van der Waals surface area (Å²) in [7, 11) is 1.60. The van der Waals surface area contributed by atoms with Crippen LogP contribution in [0.2, 0.25) is 0 Å². The monoisotopic (exact) mass is 205 g/mol. The highest BCUT2D eigenvalue weighted by molar-refractivity contribution is 5.69. The van der Waals surface area contributed by atoms with Crippen LogP contribution >= 0.6 is 0 Å². The van der Waals surface area contributed by atoms with Gasteiger partial charge in [-0.1, -0.05) is 0 Å². The van der Waals surface area contributed by atoms with Crippen LogP contribution in [0.15, 0.2) is 0 Å². The van der Waals surface area contributed by atoms with Crippen molar-refractivity contribution in [2.45, 2.75) is 26.3 Å². The Hall–Kier alpha value is -0.650. The van der Waals surface area contributed by atoms with Crippen LogP contribution in [0.1, 0.15) is 20.3 Å². The van der Waals surface area contributed by atoms with E-state index < -0.39 is 0 Å². The van der Waals surface area contributed by atoms with Crippen molar-refractivity contribution in [3.05, 3.63) is 0 Å². The van der Waals surface area contributed by atoms with E-state index in [-0.39, 0.29) is 12.0 Å². The lowest BCUT2D eigenvalue weighted by molar-refractivity contribution is -0.144. The first-order valence-electron chi connectivity index (χ1n) is 4.72. The van der Waals surface area contributed by atoms with E-state index in [1.54, 1.807) is 14.0 Å². The third kappa shape index (κ3) is 7.97. The first-order valence-corrected chi connectivity index (χ1v) is 4.72. The Morgan fingerprint density at radius 2 is 2.14 bits per heavy atom. The van der Waals surface area contributed by atoms with Gasteiger partial charge in [-0.2, -0.15) is 5.48 Å². The van der Waals surface area contributed by atoms with Gasteiger partial charge < -0.3 is 9.47 Å². The third-order valence-electron chi connectivity index (χ3n) is 1.45. The molecular formula is C9H19NO4. The molecule has 0 fully saturated rings. The molecule has 0 aromatic carbocycles. The Kier molecular flexibility index (Phi) is 8.51. The Morgan fingerprint density at radius 3 is 2.71 bits per heavy atom. The van der Waals surface area contributed by atoms with E-state index in [0.29, 0.717) is 26.2 Å². The van der Waals surface area contributed by atoms with Crippen molar-refractivity contribution in [3.63, 3.8) is 0 Å². The number of carbonyl (C=O) groups excluding carboxylic acids is 1. The molecule has 0 rings (SSSR count). The molecule has 0 saturated heterocycles. The number of rotatable bonds is 8. The lowest BCUT2D eigenvalue weighted by atomic mass is 10.2. The molecule has 0 amide bonds. The Labute approximate surface area is 84.7 Å². The second-order valence-corrected chi connectivity index (χ2v) is 2.87. The molecule has 0 aromatic rings. The quantitative estimate of drug-likeness (QED) is 0.355. The van der Waals surface area contributed by atoms with Crippen molar-refractivity contribution in [1.29, 1.82) is 0 Å². The molecule has 5 nitrogen and oxygen atoms in total. The number of nitrogens with one attached hydrogen (secondary N) is 1. The first-order chi connectivity index (χ1) is 6.70. The largest absolute Gasteiger partial charge is 0.466 e. The molecule has 1 unspecified atom stereocenters. The summed E-state index contributed by atoms with van der Waals surface area (Å²) in [6.07, 6.45) is 0.306. The van der Waals surface area contributed by atoms with E-state index in [4.69, 9.17) is 14.3 Å². The van der Waals surface area contributed by atoms with E-state index in [0.717, 1.165) is 0 Å². The van der Waals surface area contributed by atoms with Crippen molar-refractivity contribution in [1.82, 2.24) is 5.48 Å². The summed E-state index contributed by atoms with van der Waals surface area (Å²) in [5, 5.41) is 0. The van der Waals surface area contributed by atoms with Crippen LogP contribution in [0, 0.1) is 0 Å². The Morgan fingerprint density at radius 1 is 1.43 bits per heavy atom. The summed E-state index contributed by atoms with van der Waals surface area (Å²) in [5.74, 6) is -0.220. The summed E-state index contributed by atoms with van der Waals surface area (Å²) in [6, 6.07) is -0.0501. The number of esters is 1. The van der Waals surface area contributed by atoms with Gasteiger partial charge in [-0.15, -0.1) is 0 Å². The van der Waals surface area contributed by atoms with Gasteiger partial charge >= 0.3 is 5.97 Å². The standard InChI is InChI=1S/C9H19NO4/c1-4-13-9(11)7-8(2)10-14-6-5-12-3/h8,10H,4-7H2,1-3H3. The summed E-state index contributed by atoms with van der Waals surface area (Å²) >= 11 is 0. The fourth-order valence-electron chi connectivity index (χ4n) is 0.838. The third-order valence-corrected chi connectivity index (χ3v) is 1.45. The van der Waals surface area contributed by atoms with Gasteiger partial charge in [0, 0.05) is 13.2 Å². The predicted octanol–water partition coefficient (Wildman–Crippen LogP) is 0.496. The number of ether oxygens (including phenoxy) is 2. The zero-order valence-corrected chi connectivity index (χ0v) is 9.04. The predicted molar refractivity (Wildman–Crippen MR) is 51.7 cm³/mol. The van der Waals surface area contributed by atoms with E-state index in [1.165, 1.54) is 0 Å². The summed E-state index contributed by atoms with van der Waals surface area (Å²) in [6.45, 7) is 5.04. The zero-order valence-electron chi connectivity index (χ0n) is 9.04. The molecule has 0 heterocycles. The first kappa shape index (κ1) is 13.4. The minimum atomic E-state index is -0.220. The molecule has 14 heavy (non-hydrogen) atoms. The average molecular weight is 205 g/mol. The molecule has 0 radical (unpaired) electrons. The molecule has 0 saturated carbocycles. The van der Waals surface area contributed by atoms with Gasteiger partial charge in [0.15, 0.2) is 0 Å². The van der Waals surface area contributed by atoms with Gasteiger partial charge in [0.25, 0.3) is 0 Å². The molecule has 0 bridgehead atoms. The highest BCUT2D eigenvalue weighted by Crippen LogP contribution is 1.93. The average Bonchev–Trinajstić information content (AvgIpc) is 2.13. The van der Waals surface area contributed by atoms with Crippen LogP contribution in [0.4, 0.5) is 0 Å². The van der Waals surface area contributed by atoms with Crippen molar-refractivity contribution in [2.24, 2.45) is 0 Å². The van der Waals surface area contributed by atoms with Gasteiger partial charge in [-0.05, 0) is 13.8 Å². The topological polar surface area (TPSA) is 56.8 Å². The van der Waals surface area contributed by atoms with Gasteiger partial charge in [0.2, 0.25) is 0 Å². The fraction of sp³-hybridized carbons (Fsp3) is 0.889. The van der Waals surface area contributed by atoms with E-state index in [1.807, 2.05) is 6.92 Å². The number of methoxy groups -OCH3 is 1. The molecule has 0 spiro atoms. The highest BCUT2D eigenvalue weighted by Gasteiger charge is 2.08. The molecule has 0 aliphatic heterocycles. The Bertz CT molecular complexity index is 152. The van der Waals surface area contributed by atoms with E-state index in [2.05, 4.69) is 5.48 Å². The van der Waals surface area contributed by atoms with Gasteiger partial charge in [-0.25, -0.2) is 0 Å². The molecule has 0 aromatic heterocycles.